The lowest BCUT2D eigenvalue weighted by molar-refractivity contribution is 0.397. The molecule has 0 atom stereocenters. The van der Waals surface area contributed by atoms with E-state index in [0.717, 1.165) is 24.5 Å². The van der Waals surface area contributed by atoms with Crippen LogP contribution in [0.15, 0.2) is 77.8 Å². The van der Waals surface area contributed by atoms with Crippen LogP contribution < -0.4 is 15.2 Å². The van der Waals surface area contributed by atoms with E-state index in [1.54, 1.807) is 12.1 Å². The Balaban J connectivity index is 1.52. The summed E-state index contributed by atoms with van der Waals surface area (Å²) in [5.74, 6) is 1.88. The number of benzene rings is 3. The summed E-state index contributed by atoms with van der Waals surface area (Å²) in [4.78, 5) is 15.6. The van der Waals surface area contributed by atoms with E-state index >= 15 is 0 Å². The summed E-state index contributed by atoms with van der Waals surface area (Å²) in [7, 11) is 1.99. The number of phenols is 2. The van der Waals surface area contributed by atoms with Crippen LogP contribution in [0.4, 0.5) is 0 Å². The van der Waals surface area contributed by atoms with E-state index in [1.807, 2.05) is 31.3 Å². The molecule has 3 aromatic carbocycles. The van der Waals surface area contributed by atoms with E-state index < -0.39 is 0 Å². The molecular weight excluding hydrogens is 472 g/mol. The molecule has 37 heavy (non-hydrogen) atoms. The SMILES string of the molecule is CN1CCN=C1c1cccc(Oc2cc(Oc3cc(C(=N)N)ccc3O)nc(-c3ccc(O)cc3)n2)c1. The first-order valence-electron chi connectivity index (χ1n) is 11.4. The minimum absolute atomic E-state index is 0.0679. The van der Waals surface area contributed by atoms with Crippen LogP contribution in [-0.2, 0) is 0 Å². The second kappa shape index (κ2) is 9.86. The van der Waals surface area contributed by atoms with Crippen molar-refractivity contribution in [2.75, 3.05) is 20.1 Å². The van der Waals surface area contributed by atoms with E-state index in [0.29, 0.717) is 16.9 Å². The highest BCUT2D eigenvalue weighted by molar-refractivity contribution is 6.00. The predicted molar refractivity (Wildman–Crippen MR) is 139 cm³/mol. The smallest absolute Gasteiger partial charge is 0.226 e. The molecule has 1 aromatic heterocycles. The number of nitrogens with zero attached hydrogens (tertiary/aromatic N) is 4. The quantitative estimate of drug-likeness (QED) is 0.220. The molecular formula is C27H24N6O4. The molecule has 0 spiro atoms. The second-order valence-electron chi connectivity index (χ2n) is 8.37. The van der Waals surface area contributed by atoms with Gasteiger partial charge in [-0.05, 0) is 54.6 Å². The molecule has 0 saturated carbocycles. The fourth-order valence-corrected chi connectivity index (χ4v) is 3.79. The van der Waals surface area contributed by atoms with Crippen molar-refractivity contribution >= 4 is 11.7 Å². The molecule has 0 aliphatic carbocycles. The first-order valence-corrected chi connectivity index (χ1v) is 11.4. The molecule has 0 bridgehead atoms. The number of aromatic hydroxyl groups is 2. The second-order valence-corrected chi connectivity index (χ2v) is 8.37. The average molecular weight is 497 g/mol. The Hall–Kier alpha value is -5.12. The third-order valence-electron chi connectivity index (χ3n) is 5.66. The van der Waals surface area contributed by atoms with Gasteiger partial charge in [0.25, 0.3) is 0 Å². The number of nitrogen functional groups attached to an aromatic ring is 1. The summed E-state index contributed by atoms with van der Waals surface area (Å²) in [5.41, 5.74) is 7.51. The predicted octanol–water partition coefficient (Wildman–Crippen LogP) is 4.12. The number of phenolic OH excluding ortho intramolecular Hbond substituents is 2. The molecule has 4 aromatic rings. The lowest BCUT2D eigenvalue weighted by Crippen LogP contribution is -2.23. The van der Waals surface area contributed by atoms with Crippen molar-refractivity contribution in [2.24, 2.45) is 10.7 Å². The van der Waals surface area contributed by atoms with Gasteiger partial charge in [-0.25, -0.2) is 0 Å². The molecule has 0 fully saturated rings. The van der Waals surface area contributed by atoms with E-state index in [-0.39, 0.29) is 40.7 Å². The number of hydrogen-bond donors (Lipinski definition) is 4. The maximum atomic E-state index is 10.3. The van der Waals surface area contributed by atoms with Gasteiger partial charge in [-0.2, -0.15) is 9.97 Å². The Labute approximate surface area is 212 Å². The number of nitrogens with two attached hydrogens (primary N) is 1. The van der Waals surface area contributed by atoms with Gasteiger partial charge in [0.2, 0.25) is 11.8 Å². The van der Waals surface area contributed by atoms with Crippen molar-refractivity contribution in [3.63, 3.8) is 0 Å². The zero-order chi connectivity index (χ0) is 25.9. The molecule has 0 amide bonds. The van der Waals surface area contributed by atoms with Crippen molar-refractivity contribution in [3.8, 4) is 46.1 Å². The van der Waals surface area contributed by atoms with Gasteiger partial charge in [0.15, 0.2) is 17.3 Å². The monoisotopic (exact) mass is 496 g/mol. The first kappa shape index (κ1) is 23.6. The van der Waals surface area contributed by atoms with Crippen LogP contribution in [-0.4, -0.2) is 56.9 Å². The summed E-state index contributed by atoms with van der Waals surface area (Å²) < 4.78 is 12.0. The molecule has 1 aliphatic heterocycles. The van der Waals surface area contributed by atoms with Crippen LogP contribution in [0.1, 0.15) is 11.1 Å². The van der Waals surface area contributed by atoms with Gasteiger partial charge in [0, 0.05) is 30.3 Å². The third kappa shape index (κ3) is 5.27. The molecule has 10 nitrogen and oxygen atoms in total. The Morgan fingerprint density at radius 3 is 2.38 bits per heavy atom. The number of aliphatic imine (C=N–C) groups is 1. The van der Waals surface area contributed by atoms with E-state index in [1.165, 1.54) is 36.4 Å². The highest BCUT2D eigenvalue weighted by Crippen LogP contribution is 2.34. The summed E-state index contributed by atoms with van der Waals surface area (Å²) >= 11 is 0. The van der Waals surface area contributed by atoms with Crippen LogP contribution in [0.3, 0.4) is 0 Å². The Kier molecular flexibility index (Phi) is 6.29. The normalized spacial score (nSPS) is 12.8. The lowest BCUT2D eigenvalue weighted by Gasteiger charge is -2.15. The molecule has 0 radical (unpaired) electrons. The maximum Gasteiger partial charge on any atom is 0.226 e. The Morgan fingerprint density at radius 2 is 1.68 bits per heavy atom. The molecule has 0 unspecified atom stereocenters. The fraction of sp³-hybridized carbons (Fsp3) is 0.111. The number of nitrogens with one attached hydrogen (secondary N) is 1. The molecule has 2 heterocycles. The van der Waals surface area contributed by atoms with E-state index in [9.17, 15) is 10.2 Å². The highest BCUT2D eigenvalue weighted by Gasteiger charge is 2.17. The van der Waals surface area contributed by atoms with Crippen LogP contribution in [0.2, 0.25) is 0 Å². The number of ether oxygens (including phenoxy) is 2. The van der Waals surface area contributed by atoms with E-state index in [4.69, 9.17) is 20.6 Å². The number of amidine groups is 2. The standard InChI is InChI=1S/C27H24N6O4/c1-33-12-11-30-27(33)18-3-2-4-20(13-18)36-23-15-24(32-26(31-23)16-5-8-19(34)9-6-16)37-22-14-17(25(28)29)7-10-21(22)35/h2-10,13-15,34-35H,11-12H2,1H3,(H3,28,29). The number of hydrogen-bond acceptors (Lipinski definition) is 9. The largest absolute Gasteiger partial charge is 0.508 e. The molecule has 10 heteroatoms. The zero-order valence-corrected chi connectivity index (χ0v) is 19.9. The summed E-state index contributed by atoms with van der Waals surface area (Å²) in [6.07, 6.45) is 0. The zero-order valence-electron chi connectivity index (χ0n) is 19.9. The molecule has 5 rings (SSSR count). The topological polar surface area (TPSA) is 150 Å². The van der Waals surface area contributed by atoms with Gasteiger partial charge in [-0.1, -0.05) is 12.1 Å². The van der Waals surface area contributed by atoms with Crippen LogP contribution in [0.25, 0.3) is 11.4 Å². The van der Waals surface area contributed by atoms with Crippen LogP contribution in [0.5, 0.6) is 34.8 Å². The average Bonchev–Trinajstić information content (AvgIpc) is 3.31. The van der Waals surface area contributed by atoms with Crippen molar-refractivity contribution in [3.05, 3.63) is 83.9 Å². The summed E-state index contributed by atoms with van der Waals surface area (Å²) in [5, 5.41) is 27.6. The minimum Gasteiger partial charge on any atom is -0.508 e. The van der Waals surface area contributed by atoms with Gasteiger partial charge in [-0.15, -0.1) is 0 Å². The lowest BCUT2D eigenvalue weighted by atomic mass is 10.2. The number of likely N-dealkylation sites (N-methyl/N-ethyl adjacent to an activating group) is 1. The number of aromatic nitrogens is 2. The summed E-state index contributed by atoms with van der Waals surface area (Å²) in [6, 6.07) is 19.8. The molecule has 0 saturated heterocycles. The fourth-order valence-electron chi connectivity index (χ4n) is 3.79. The van der Waals surface area contributed by atoms with Crippen molar-refractivity contribution in [1.29, 1.82) is 5.41 Å². The van der Waals surface area contributed by atoms with Gasteiger partial charge in [0.1, 0.15) is 23.2 Å². The Morgan fingerprint density at radius 1 is 0.919 bits per heavy atom. The van der Waals surface area contributed by atoms with Gasteiger partial charge in [-0.3, -0.25) is 10.4 Å². The molecule has 186 valence electrons. The van der Waals surface area contributed by atoms with Crippen LogP contribution in [0, 0.1) is 5.41 Å². The van der Waals surface area contributed by atoms with Gasteiger partial charge in [0.05, 0.1) is 12.6 Å². The van der Waals surface area contributed by atoms with Crippen molar-refractivity contribution in [2.45, 2.75) is 0 Å². The van der Waals surface area contributed by atoms with Gasteiger partial charge >= 0.3 is 0 Å². The van der Waals surface area contributed by atoms with E-state index in [2.05, 4.69) is 19.9 Å². The third-order valence-corrected chi connectivity index (χ3v) is 5.66. The minimum atomic E-state index is -0.168. The van der Waals surface area contributed by atoms with Crippen molar-refractivity contribution in [1.82, 2.24) is 14.9 Å². The van der Waals surface area contributed by atoms with Crippen molar-refractivity contribution < 1.29 is 19.7 Å². The van der Waals surface area contributed by atoms with Crippen LogP contribution >= 0.6 is 0 Å². The molecule has 1 aliphatic rings. The maximum absolute atomic E-state index is 10.3. The molecule has 5 N–H and O–H groups in total. The highest BCUT2D eigenvalue weighted by atomic mass is 16.5. The number of rotatable bonds is 7. The van der Waals surface area contributed by atoms with Gasteiger partial charge < -0.3 is 30.3 Å². The first-order chi connectivity index (χ1) is 17.9. The summed E-state index contributed by atoms with van der Waals surface area (Å²) in [6.45, 7) is 1.61. The Bertz CT molecular complexity index is 1500.